The Labute approximate surface area is 105 Å². The van der Waals surface area contributed by atoms with Crippen molar-refractivity contribution in [3.05, 3.63) is 41.6 Å². The molecule has 0 atom stereocenters. The molecule has 0 aliphatic carbocycles. The maximum Gasteiger partial charge on any atom is 0.256 e. The van der Waals surface area contributed by atoms with Gasteiger partial charge in [-0.3, -0.25) is 9.89 Å². The van der Waals surface area contributed by atoms with Crippen LogP contribution >= 0.6 is 0 Å². The van der Waals surface area contributed by atoms with E-state index in [-0.39, 0.29) is 5.91 Å². The fraction of sp³-hybridized carbons (Fsp3) is 0.231. The molecule has 2 aromatic rings. The standard InChI is InChI=1S/C13H15N3O2/c1-3-18-11-6-4-10(5-7-11)13(17)15-12-9(2)8-14-16-12/h4-8H,3H2,1-2H3,(H2,14,15,16,17). The van der Waals surface area contributed by atoms with E-state index in [1.165, 1.54) is 0 Å². The third-order valence-electron chi connectivity index (χ3n) is 2.49. The summed E-state index contributed by atoms with van der Waals surface area (Å²) < 4.78 is 5.32. The molecule has 5 nitrogen and oxygen atoms in total. The summed E-state index contributed by atoms with van der Waals surface area (Å²) in [5.74, 6) is 1.20. The summed E-state index contributed by atoms with van der Waals surface area (Å²) in [6.07, 6.45) is 1.66. The van der Waals surface area contributed by atoms with Crippen LogP contribution in [0.25, 0.3) is 0 Å². The van der Waals surface area contributed by atoms with Gasteiger partial charge in [0.05, 0.1) is 12.8 Å². The van der Waals surface area contributed by atoms with Gasteiger partial charge in [-0.15, -0.1) is 0 Å². The molecule has 0 spiro atoms. The average Bonchev–Trinajstić information content (AvgIpc) is 2.76. The summed E-state index contributed by atoms with van der Waals surface area (Å²) in [5, 5.41) is 9.34. The van der Waals surface area contributed by atoms with E-state index in [4.69, 9.17) is 4.74 Å². The number of aromatic amines is 1. The third kappa shape index (κ3) is 2.68. The zero-order valence-corrected chi connectivity index (χ0v) is 10.4. The van der Waals surface area contributed by atoms with Gasteiger partial charge in [-0.25, -0.2) is 0 Å². The van der Waals surface area contributed by atoms with Crippen LogP contribution < -0.4 is 10.1 Å². The Balaban J connectivity index is 2.07. The first-order valence-electron chi connectivity index (χ1n) is 5.75. The van der Waals surface area contributed by atoms with Crippen molar-refractivity contribution < 1.29 is 9.53 Å². The first-order chi connectivity index (χ1) is 8.70. The Kier molecular flexibility index (Phi) is 3.62. The highest BCUT2D eigenvalue weighted by molar-refractivity contribution is 6.04. The lowest BCUT2D eigenvalue weighted by Crippen LogP contribution is -2.12. The number of amides is 1. The summed E-state index contributed by atoms with van der Waals surface area (Å²) >= 11 is 0. The number of aromatic nitrogens is 2. The molecule has 5 heteroatoms. The number of nitrogens with zero attached hydrogens (tertiary/aromatic N) is 1. The summed E-state index contributed by atoms with van der Waals surface area (Å²) in [7, 11) is 0. The van der Waals surface area contributed by atoms with Crippen LogP contribution in [0.4, 0.5) is 5.82 Å². The van der Waals surface area contributed by atoms with Gasteiger partial charge in [0.15, 0.2) is 0 Å². The van der Waals surface area contributed by atoms with Crippen LogP contribution in [0.1, 0.15) is 22.8 Å². The van der Waals surface area contributed by atoms with Gasteiger partial charge in [-0.1, -0.05) is 0 Å². The van der Waals surface area contributed by atoms with Gasteiger partial charge in [-0.2, -0.15) is 5.10 Å². The number of benzene rings is 1. The van der Waals surface area contributed by atoms with Gasteiger partial charge in [0.2, 0.25) is 0 Å². The zero-order valence-electron chi connectivity index (χ0n) is 10.4. The number of ether oxygens (including phenoxy) is 1. The number of nitrogens with one attached hydrogen (secondary N) is 2. The van der Waals surface area contributed by atoms with Crippen molar-refractivity contribution >= 4 is 11.7 Å². The number of rotatable bonds is 4. The van der Waals surface area contributed by atoms with Gasteiger partial charge in [0, 0.05) is 11.1 Å². The number of carbonyl (C=O) groups excluding carboxylic acids is 1. The molecule has 94 valence electrons. The molecule has 0 radical (unpaired) electrons. The zero-order chi connectivity index (χ0) is 13.0. The van der Waals surface area contributed by atoms with Crippen molar-refractivity contribution in [2.75, 3.05) is 11.9 Å². The summed E-state index contributed by atoms with van der Waals surface area (Å²) in [5.41, 5.74) is 1.47. The summed E-state index contributed by atoms with van der Waals surface area (Å²) in [6.45, 7) is 4.40. The molecular formula is C13H15N3O2. The summed E-state index contributed by atoms with van der Waals surface area (Å²) in [6, 6.07) is 7.01. The molecule has 0 aliphatic rings. The van der Waals surface area contributed by atoms with Crippen molar-refractivity contribution in [3.63, 3.8) is 0 Å². The topological polar surface area (TPSA) is 67.0 Å². The molecule has 18 heavy (non-hydrogen) atoms. The molecule has 1 amide bonds. The van der Waals surface area contributed by atoms with E-state index in [9.17, 15) is 4.79 Å². The Morgan fingerprint density at radius 3 is 2.67 bits per heavy atom. The van der Waals surface area contributed by atoms with Gasteiger partial charge in [0.25, 0.3) is 5.91 Å². The second-order valence-electron chi connectivity index (χ2n) is 3.84. The number of hydrogen-bond donors (Lipinski definition) is 2. The maximum absolute atomic E-state index is 11.9. The molecule has 1 aromatic heterocycles. The van der Waals surface area contributed by atoms with E-state index in [1.807, 2.05) is 13.8 Å². The lowest BCUT2D eigenvalue weighted by atomic mass is 10.2. The number of hydrogen-bond acceptors (Lipinski definition) is 3. The molecule has 0 saturated carbocycles. The Morgan fingerprint density at radius 2 is 2.11 bits per heavy atom. The molecule has 0 bridgehead atoms. The highest BCUT2D eigenvalue weighted by Crippen LogP contribution is 2.14. The number of anilines is 1. The number of H-pyrrole nitrogens is 1. The van der Waals surface area contributed by atoms with E-state index in [0.29, 0.717) is 18.0 Å². The van der Waals surface area contributed by atoms with Crippen molar-refractivity contribution in [1.82, 2.24) is 10.2 Å². The van der Waals surface area contributed by atoms with E-state index in [1.54, 1.807) is 30.5 Å². The van der Waals surface area contributed by atoms with E-state index in [0.717, 1.165) is 11.3 Å². The van der Waals surface area contributed by atoms with Gasteiger partial charge >= 0.3 is 0 Å². The van der Waals surface area contributed by atoms with Crippen molar-refractivity contribution in [2.24, 2.45) is 0 Å². The lowest BCUT2D eigenvalue weighted by Gasteiger charge is -2.05. The Hall–Kier alpha value is -2.30. The van der Waals surface area contributed by atoms with Crippen LogP contribution in [0, 0.1) is 6.92 Å². The molecule has 0 unspecified atom stereocenters. The van der Waals surface area contributed by atoms with Crippen molar-refractivity contribution in [2.45, 2.75) is 13.8 Å². The second kappa shape index (κ2) is 5.35. The molecule has 0 fully saturated rings. The Morgan fingerprint density at radius 1 is 1.39 bits per heavy atom. The van der Waals surface area contributed by atoms with E-state index >= 15 is 0 Å². The Bertz CT molecular complexity index is 531. The molecule has 2 rings (SSSR count). The van der Waals surface area contributed by atoms with Crippen LogP contribution in [-0.4, -0.2) is 22.7 Å². The van der Waals surface area contributed by atoms with Crippen LogP contribution in [0.3, 0.4) is 0 Å². The summed E-state index contributed by atoms with van der Waals surface area (Å²) in [4.78, 5) is 11.9. The van der Waals surface area contributed by atoms with Crippen LogP contribution in [-0.2, 0) is 0 Å². The third-order valence-corrected chi connectivity index (χ3v) is 2.49. The van der Waals surface area contributed by atoms with Crippen LogP contribution in [0.2, 0.25) is 0 Å². The largest absolute Gasteiger partial charge is 0.494 e. The number of aryl methyl sites for hydroxylation is 1. The minimum absolute atomic E-state index is 0.176. The average molecular weight is 245 g/mol. The van der Waals surface area contributed by atoms with Crippen molar-refractivity contribution in [1.29, 1.82) is 0 Å². The molecule has 1 aromatic carbocycles. The molecular weight excluding hydrogens is 230 g/mol. The minimum atomic E-state index is -0.176. The van der Waals surface area contributed by atoms with Crippen LogP contribution in [0.15, 0.2) is 30.5 Å². The lowest BCUT2D eigenvalue weighted by molar-refractivity contribution is 0.102. The second-order valence-corrected chi connectivity index (χ2v) is 3.84. The minimum Gasteiger partial charge on any atom is -0.494 e. The maximum atomic E-state index is 11.9. The molecule has 1 heterocycles. The molecule has 0 saturated heterocycles. The smallest absolute Gasteiger partial charge is 0.256 e. The van der Waals surface area contributed by atoms with Gasteiger partial charge in [-0.05, 0) is 38.1 Å². The highest BCUT2D eigenvalue weighted by atomic mass is 16.5. The fourth-order valence-electron chi connectivity index (χ4n) is 1.53. The SMILES string of the molecule is CCOc1ccc(C(=O)Nc2[nH]ncc2C)cc1. The van der Waals surface area contributed by atoms with E-state index < -0.39 is 0 Å². The van der Waals surface area contributed by atoms with E-state index in [2.05, 4.69) is 15.5 Å². The van der Waals surface area contributed by atoms with Crippen LogP contribution in [0.5, 0.6) is 5.75 Å². The van der Waals surface area contributed by atoms with Gasteiger partial charge < -0.3 is 10.1 Å². The van der Waals surface area contributed by atoms with Gasteiger partial charge in [0.1, 0.15) is 11.6 Å². The molecule has 0 aliphatic heterocycles. The predicted octanol–water partition coefficient (Wildman–Crippen LogP) is 2.37. The molecule has 2 N–H and O–H groups in total. The van der Waals surface area contributed by atoms with Crippen molar-refractivity contribution in [3.8, 4) is 5.75 Å². The first kappa shape index (κ1) is 12.2. The number of carbonyl (C=O) groups is 1. The fourth-order valence-corrected chi connectivity index (χ4v) is 1.53. The monoisotopic (exact) mass is 245 g/mol. The highest BCUT2D eigenvalue weighted by Gasteiger charge is 2.08. The quantitative estimate of drug-likeness (QED) is 0.869. The first-order valence-corrected chi connectivity index (χ1v) is 5.75. The predicted molar refractivity (Wildman–Crippen MR) is 68.9 cm³/mol. The normalized spacial score (nSPS) is 10.1.